The molecule has 72 heavy (non-hydrogen) atoms. The van der Waals surface area contributed by atoms with Crippen molar-refractivity contribution in [2.75, 3.05) is 27.2 Å². The molecule has 0 radical (unpaired) electrons. The third-order valence-electron chi connectivity index (χ3n) is 13.6. The van der Waals surface area contributed by atoms with Gasteiger partial charge in [0.2, 0.25) is 35.4 Å². The molecule has 390 valence electrons. The summed E-state index contributed by atoms with van der Waals surface area (Å²) in [5.74, 6) is -4.00. The summed E-state index contributed by atoms with van der Waals surface area (Å²) in [6.45, 7) is 14.2. The van der Waals surface area contributed by atoms with E-state index in [1.165, 1.54) is 17.0 Å². The van der Waals surface area contributed by atoms with Gasteiger partial charge in [-0.25, -0.2) is 0 Å². The molecular formula is C54H76N10O8. The standard InChI is InChI=1S/C54H76N10O8/c1-31(2)44(62-46(65)33(4)55-9)52(71)61-42(50(69)58-32(3)35-18-12-11-13-19-35)26-27-57-48(67)37-22-16-23-38(28-37)49(68)59-39-29-43(51(70)60-41-25-17-21-36-20-14-15-24-40(36)41)64(30-39)53(72)45(54(6,7)8)63-47(66)34(5)56-10/h11-16,18-20,22-24,28,31-34,39,41-45,55-56H,17,21,25-27,29-30H2,1-10H3,(H,57,67)(H,58,69)(H,59,68)(H,60,70)(H,61,71)(H,62,65)(H,63,66)/t32-,33+,34+,39+,41-,42+,43+,44+,45-/m1/s1. The highest BCUT2D eigenvalue weighted by Gasteiger charge is 2.46. The molecule has 9 N–H and O–H groups in total. The average molecular weight is 993 g/mol. The molecule has 9 atom stereocenters. The van der Waals surface area contributed by atoms with E-state index in [9.17, 15) is 38.4 Å². The minimum absolute atomic E-state index is 0.0101. The van der Waals surface area contributed by atoms with E-state index >= 15 is 0 Å². The van der Waals surface area contributed by atoms with Gasteiger partial charge in [-0.3, -0.25) is 38.4 Å². The van der Waals surface area contributed by atoms with Crippen LogP contribution in [0.5, 0.6) is 0 Å². The second-order valence-corrected chi connectivity index (χ2v) is 20.5. The second-order valence-electron chi connectivity index (χ2n) is 20.5. The lowest BCUT2D eigenvalue weighted by molar-refractivity contribution is -0.144. The topological polar surface area (TPSA) is 248 Å². The first-order chi connectivity index (χ1) is 34.1. The third-order valence-corrected chi connectivity index (χ3v) is 13.6. The van der Waals surface area contributed by atoms with Gasteiger partial charge in [-0.15, -0.1) is 0 Å². The summed E-state index contributed by atoms with van der Waals surface area (Å²) >= 11 is 0. The van der Waals surface area contributed by atoms with Crippen LogP contribution in [-0.2, 0) is 35.2 Å². The Hall–Kier alpha value is -6.66. The summed E-state index contributed by atoms with van der Waals surface area (Å²) < 4.78 is 0. The molecule has 1 saturated heterocycles. The molecule has 0 bridgehead atoms. The van der Waals surface area contributed by atoms with Crippen LogP contribution < -0.4 is 47.9 Å². The zero-order chi connectivity index (χ0) is 52.9. The Labute approximate surface area is 424 Å². The Balaban J connectivity index is 1.30. The molecule has 2 aliphatic rings. The van der Waals surface area contributed by atoms with Crippen molar-refractivity contribution >= 4 is 47.3 Å². The summed E-state index contributed by atoms with van der Waals surface area (Å²) in [4.78, 5) is 112. The second kappa shape index (κ2) is 25.6. The highest BCUT2D eigenvalue weighted by atomic mass is 16.2. The van der Waals surface area contributed by atoms with Crippen LogP contribution in [0.25, 0.3) is 0 Å². The summed E-state index contributed by atoms with van der Waals surface area (Å²) in [6.07, 6.45) is 2.61. The summed E-state index contributed by atoms with van der Waals surface area (Å²) in [5, 5.41) is 26.2. The number of amides is 8. The molecule has 18 heteroatoms. The average Bonchev–Trinajstić information content (AvgIpc) is 3.79. The van der Waals surface area contributed by atoms with E-state index in [0.717, 1.165) is 36.0 Å². The van der Waals surface area contributed by atoms with Gasteiger partial charge in [0, 0.05) is 30.3 Å². The Kier molecular flexibility index (Phi) is 20.0. The molecular weight excluding hydrogens is 917 g/mol. The van der Waals surface area contributed by atoms with E-state index < -0.39 is 83.3 Å². The molecule has 3 aromatic rings. The zero-order valence-electron chi connectivity index (χ0n) is 43.4. The number of nitrogens with one attached hydrogen (secondary N) is 9. The number of hydrogen-bond acceptors (Lipinski definition) is 10. The summed E-state index contributed by atoms with van der Waals surface area (Å²) in [7, 11) is 3.28. The predicted octanol–water partition coefficient (Wildman–Crippen LogP) is 2.95. The van der Waals surface area contributed by atoms with E-state index in [4.69, 9.17) is 0 Å². The largest absolute Gasteiger partial charge is 0.352 e. The van der Waals surface area contributed by atoms with Gasteiger partial charge in [-0.2, -0.15) is 0 Å². The van der Waals surface area contributed by atoms with Gasteiger partial charge in [0.25, 0.3) is 11.8 Å². The SMILES string of the molecule is CN[C@@H](C)C(=O)N[C@H](C(=O)N[C@@H](CCNC(=O)c1cccc(C(=O)N[C@H]2C[C@@H](C(=O)N[C@@H]3CCCc4ccccc43)N(C(=O)[C@@H](NC(=O)[C@H](C)NC)C(C)(C)C)C2)c1)C(=O)N[C@H](C)c1ccccc1)C(C)C. The number of hydrogen-bond donors (Lipinski definition) is 9. The van der Waals surface area contributed by atoms with E-state index in [-0.39, 0.29) is 66.7 Å². The fraction of sp³-hybridized carbons (Fsp3) is 0.519. The first-order valence-corrected chi connectivity index (χ1v) is 25.1. The number of rotatable bonds is 21. The number of aryl methyl sites for hydroxylation is 1. The molecule has 5 rings (SSSR count). The Morgan fingerprint density at radius 2 is 1.31 bits per heavy atom. The number of likely N-dealkylation sites (N-methyl/N-ethyl adjacent to an activating group) is 2. The molecule has 1 fully saturated rings. The highest BCUT2D eigenvalue weighted by molar-refractivity contribution is 6.00. The Bertz CT molecular complexity index is 2410. The van der Waals surface area contributed by atoms with Crippen LogP contribution in [0.4, 0.5) is 0 Å². The number of benzene rings is 3. The normalized spacial score (nSPS) is 19.0. The Morgan fingerprint density at radius 1 is 0.681 bits per heavy atom. The van der Waals surface area contributed by atoms with Crippen molar-refractivity contribution < 1.29 is 38.4 Å². The van der Waals surface area contributed by atoms with Crippen molar-refractivity contribution in [3.05, 3.63) is 107 Å². The van der Waals surface area contributed by atoms with Crippen molar-refractivity contribution in [2.24, 2.45) is 11.3 Å². The fourth-order valence-corrected chi connectivity index (χ4v) is 8.93. The van der Waals surface area contributed by atoms with Crippen molar-refractivity contribution in [3.8, 4) is 0 Å². The molecule has 3 aromatic carbocycles. The predicted molar refractivity (Wildman–Crippen MR) is 275 cm³/mol. The van der Waals surface area contributed by atoms with Gasteiger partial charge in [0.15, 0.2) is 0 Å². The van der Waals surface area contributed by atoms with Crippen LogP contribution >= 0.6 is 0 Å². The van der Waals surface area contributed by atoms with E-state index in [1.54, 1.807) is 53.9 Å². The minimum atomic E-state index is -1.10. The summed E-state index contributed by atoms with van der Waals surface area (Å²) in [5.41, 5.74) is 2.61. The van der Waals surface area contributed by atoms with Gasteiger partial charge in [0.1, 0.15) is 24.2 Å². The fourth-order valence-electron chi connectivity index (χ4n) is 8.93. The van der Waals surface area contributed by atoms with Crippen LogP contribution in [0, 0.1) is 11.3 Å². The molecule has 0 aromatic heterocycles. The molecule has 18 nitrogen and oxygen atoms in total. The lowest BCUT2D eigenvalue weighted by Crippen LogP contribution is -2.59. The van der Waals surface area contributed by atoms with Gasteiger partial charge in [-0.1, -0.05) is 95.3 Å². The lowest BCUT2D eigenvalue weighted by atomic mass is 9.85. The Morgan fingerprint density at radius 3 is 1.94 bits per heavy atom. The number of carbonyl (C=O) groups is 8. The maximum absolute atomic E-state index is 14.6. The van der Waals surface area contributed by atoms with E-state index in [0.29, 0.717) is 0 Å². The monoisotopic (exact) mass is 993 g/mol. The van der Waals surface area contributed by atoms with Crippen molar-refractivity contribution in [1.29, 1.82) is 0 Å². The molecule has 0 spiro atoms. The number of carbonyl (C=O) groups excluding carboxylic acids is 8. The molecule has 8 amide bonds. The first-order valence-electron chi connectivity index (χ1n) is 25.1. The number of likely N-dealkylation sites (tertiary alicyclic amines) is 1. The smallest absolute Gasteiger partial charge is 0.251 e. The van der Waals surface area contributed by atoms with Crippen molar-refractivity contribution in [3.63, 3.8) is 0 Å². The lowest BCUT2D eigenvalue weighted by Gasteiger charge is -2.36. The molecule has 0 saturated carbocycles. The van der Waals surface area contributed by atoms with Gasteiger partial charge in [0.05, 0.1) is 24.2 Å². The first kappa shape index (κ1) is 56.3. The maximum Gasteiger partial charge on any atom is 0.251 e. The van der Waals surface area contributed by atoms with Gasteiger partial charge in [-0.05, 0) is 113 Å². The van der Waals surface area contributed by atoms with E-state index in [1.807, 2.05) is 76.2 Å². The molecule has 0 unspecified atom stereocenters. The van der Waals surface area contributed by atoms with Crippen LogP contribution in [0.2, 0.25) is 0 Å². The highest BCUT2D eigenvalue weighted by Crippen LogP contribution is 2.31. The van der Waals surface area contributed by atoms with Crippen molar-refractivity contribution in [2.45, 2.75) is 142 Å². The van der Waals surface area contributed by atoms with Gasteiger partial charge >= 0.3 is 0 Å². The van der Waals surface area contributed by atoms with Crippen LogP contribution in [0.3, 0.4) is 0 Å². The van der Waals surface area contributed by atoms with Crippen molar-refractivity contribution in [1.82, 2.24) is 52.8 Å². The quantitative estimate of drug-likeness (QED) is 0.0756. The summed E-state index contributed by atoms with van der Waals surface area (Å²) in [6, 6.07) is 16.9. The maximum atomic E-state index is 14.6. The van der Waals surface area contributed by atoms with E-state index in [2.05, 4.69) is 53.9 Å². The molecule has 1 aliphatic carbocycles. The minimum Gasteiger partial charge on any atom is -0.352 e. The van der Waals surface area contributed by atoms with Crippen LogP contribution in [0.1, 0.15) is 131 Å². The van der Waals surface area contributed by atoms with Crippen LogP contribution in [0.15, 0.2) is 78.9 Å². The number of nitrogens with zero attached hydrogens (tertiary/aromatic N) is 1. The van der Waals surface area contributed by atoms with Crippen LogP contribution in [-0.4, -0.2) is 122 Å². The van der Waals surface area contributed by atoms with Gasteiger partial charge < -0.3 is 52.8 Å². The third kappa shape index (κ3) is 14.9. The zero-order valence-corrected chi connectivity index (χ0v) is 43.4. The number of fused-ring (bicyclic) bond motifs is 1. The molecule has 1 heterocycles. The molecule has 1 aliphatic heterocycles.